The maximum Gasteiger partial charge on any atom is 0.326 e. The number of carboxylic acid groups (broad SMARTS) is 1. The van der Waals surface area contributed by atoms with Gasteiger partial charge in [-0.3, -0.25) is 14.4 Å². The highest BCUT2D eigenvalue weighted by atomic mass is 32.2. The molecule has 138 valence electrons. The lowest BCUT2D eigenvalue weighted by Gasteiger charge is -2.21. The van der Waals surface area contributed by atoms with Crippen molar-refractivity contribution in [2.45, 2.75) is 37.4 Å². The van der Waals surface area contributed by atoms with Gasteiger partial charge in [-0.2, -0.15) is 11.8 Å². The molecule has 0 unspecified atom stereocenters. The summed E-state index contributed by atoms with van der Waals surface area (Å²) >= 11 is 1.51. The van der Waals surface area contributed by atoms with Gasteiger partial charge in [0.15, 0.2) is 0 Å². The summed E-state index contributed by atoms with van der Waals surface area (Å²) in [5, 5.41) is 22.7. The van der Waals surface area contributed by atoms with Crippen molar-refractivity contribution in [1.82, 2.24) is 10.6 Å². The standard InChI is InChI=1S/C13H24N4O6S/c1-24-5-4-7(14)11(20)17-9(6-18)12(21)16-8(13(22)23)2-3-10(15)19/h7-9,18H,2-6,14H2,1H3,(H2,15,19)(H,16,21)(H,17,20)(H,22,23)/t7-,8-,9-/m0/s1. The summed E-state index contributed by atoms with van der Waals surface area (Å²) < 4.78 is 0. The number of carbonyl (C=O) groups is 4. The summed E-state index contributed by atoms with van der Waals surface area (Å²) in [5.41, 5.74) is 10.6. The molecule has 11 heteroatoms. The van der Waals surface area contributed by atoms with Crippen LogP contribution in [-0.4, -0.2) is 70.6 Å². The third-order valence-electron chi connectivity index (χ3n) is 3.08. The number of aliphatic hydroxyl groups is 1. The van der Waals surface area contributed by atoms with Crippen molar-refractivity contribution in [3.05, 3.63) is 0 Å². The maximum absolute atomic E-state index is 12.0. The molecule has 0 saturated heterocycles. The Labute approximate surface area is 143 Å². The fourth-order valence-corrected chi connectivity index (χ4v) is 2.15. The van der Waals surface area contributed by atoms with Gasteiger partial charge in [0, 0.05) is 6.42 Å². The van der Waals surface area contributed by atoms with Crippen LogP contribution in [0.2, 0.25) is 0 Å². The second-order valence-corrected chi connectivity index (χ2v) is 6.02. The van der Waals surface area contributed by atoms with E-state index in [0.717, 1.165) is 0 Å². The molecule has 8 N–H and O–H groups in total. The third kappa shape index (κ3) is 8.70. The smallest absolute Gasteiger partial charge is 0.326 e. The summed E-state index contributed by atoms with van der Waals surface area (Å²) in [4.78, 5) is 45.6. The highest BCUT2D eigenvalue weighted by Crippen LogP contribution is 2.01. The molecule has 24 heavy (non-hydrogen) atoms. The van der Waals surface area contributed by atoms with E-state index in [4.69, 9.17) is 16.6 Å². The van der Waals surface area contributed by atoms with Crippen molar-refractivity contribution in [3.8, 4) is 0 Å². The van der Waals surface area contributed by atoms with Crippen LogP contribution in [0.15, 0.2) is 0 Å². The number of carbonyl (C=O) groups excluding carboxylic acids is 3. The molecule has 3 atom stereocenters. The van der Waals surface area contributed by atoms with Gasteiger partial charge >= 0.3 is 5.97 Å². The summed E-state index contributed by atoms with van der Waals surface area (Å²) in [7, 11) is 0. The van der Waals surface area contributed by atoms with Gasteiger partial charge in [0.25, 0.3) is 0 Å². The van der Waals surface area contributed by atoms with E-state index in [1.165, 1.54) is 11.8 Å². The Bertz CT molecular complexity index is 462. The van der Waals surface area contributed by atoms with Crippen molar-refractivity contribution in [2.24, 2.45) is 11.5 Å². The van der Waals surface area contributed by atoms with Gasteiger partial charge in [0.2, 0.25) is 17.7 Å². The Morgan fingerprint density at radius 2 is 1.67 bits per heavy atom. The minimum atomic E-state index is -1.36. The summed E-state index contributed by atoms with van der Waals surface area (Å²) in [6, 6.07) is -3.54. The number of carboxylic acids is 1. The first-order valence-electron chi connectivity index (χ1n) is 7.20. The Morgan fingerprint density at radius 1 is 1.08 bits per heavy atom. The van der Waals surface area contributed by atoms with Gasteiger partial charge in [-0.05, 0) is 24.9 Å². The number of aliphatic carboxylic acids is 1. The van der Waals surface area contributed by atoms with E-state index < -0.39 is 48.4 Å². The zero-order valence-electron chi connectivity index (χ0n) is 13.4. The normalized spacial score (nSPS) is 14.3. The molecule has 0 fully saturated rings. The highest BCUT2D eigenvalue weighted by molar-refractivity contribution is 7.98. The van der Waals surface area contributed by atoms with Gasteiger partial charge in [0.05, 0.1) is 12.6 Å². The monoisotopic (exact) mass is 364 g/mol. The fraction of sp³-hybridized carbons (Fsp3) is 0.692. The minimum Gasteiger partial charge on any atom is -0.480 e. The first-order chi connectivity index (χ1) is 11.2. The Balaban J connectivity index is 4.67. The molecule has 0 aromatic rings. The van der Waals surface area contributed by atoms with E-state index in [9.17, 15) is 24.3 Å². The zero-order chi connectivity index (χ0) is 18.7. The Hall–Kier alpha value is -1.85. The number of rotatable bonds is 12. The lowest BCUT2D eigenvalue weighted by molar-refractivity contribution is -0.142. The molecule has 0 aliphatic carbocycles. The minimum absolute atomic E-state index is 0.199. The van der Waals surface area contributed by atoms with Crippen molar-refractivity contribution in [1.29, 1.82) is 0 Å². The SMILES string of the molecule is CSCC[C@H](N)C(=O)N[C@@H](CO)C(=O)N[C@@H](CCC(N)=O)C(=O)O. The van der Waals surface area contributed by atoms with Gasteiger partial charge in [-0.25, -0.2) is 4.79 Å². The largest absolute Gasteiger partial charge is 0.480 e. The fourth-order valence-electron chi connectivity index (χ4n) is 1.67. The number of hydrogen-bond acceptors (Lipinski definition) is 7. The summed E-state index contributed by atoms with van der Waals surface area (Å²) in [6.07, 6.45) is 1.82. The molecule has 0 spiro atoms. The van der Waals surface area contributed by atoms with Crippen molar-refractivity contribution in [2.75, 3.05) is 18.6 Å². The molecular formula is C13H24N4O6S. The molecule has 0 aromatic heterocycles. The number of nitrogens with two attached hydrogens (primary N) is 2. The van der Waals surface area contributed by atoms with E-state index in [2.05, 4.69) is 10.6 Å². The van der Waals surface area contributed by atoms with Gasteiger partial charge < -0.3 is 32.3 Å². The van der Waals surface area contributed by atoms with Crippen LogP contribution in [-0.2, 0) is 19.2 Å². The number of nitrogens with one attached hydrogen (secondary N) is 2. The molecule has 0 aliphatic rings. The molecule has 10 nitrogen and oxygen atoms in total. The second kappa shape index (κ2) is 11.6. The number of hydrogen-bond donors (Lipinski definition) is 6. The molecule has 0 rings (SSSR count). The van der Waals surface area contributed by atoms with Crippen LogP contribution in [0.4, 0.5) is 0 Å². The number of amides is 3. The van der Waals surface area contributed by atoms with Crippen LogP contribution < -0.4 is 22.1 Å². The van der Waals surface area contributed by atoms with Crippen molar-refractivity contribution in [3.63, 3.8) is 0 Å². The quantitative estimate of drug-likeness (QED) is 0.217. The summed E-state index contributed by atoms with van der Waals surface area (Å²) in [5.74, 6) is -2.92. The van der Waals surface area contributed by atoms with Crippen LogP contribution in [0.3, 0.4) is 0 Å². The van der Waals surface area contributed by atoms with Gasteiger partial charge in [-0.15, -0.1) is 0 Å². The van der Waals surface area contributed by atoms with E-state index in [-0.39, 0.29) is 12.8 Å². The van der Waals surface area contributed by atoms with Crippen LogP contribution >= 0.6 is 11.8 Å². The average molecular weight is 364 g/mol. The van der Waals surface area contributed by atoms with E-state index in [0.29, 0.717) is 12.2 Å². The van der Waals surface area contributed by atoms with Gasteiger partial charge in [-0.1, -0.05) is 0 Å². The number of thioether (sulfide) groups is 1. The molecule has 0 aromatic carbocycles. The highest BCUT2D eigenvalue weighted by Gasteiger charge is 2.27. The van der Waals surface area contributed by atoms with Crippen molar-refractivity contribution < 1.29 is 29.4 Å². The molecule has 0 heterocycles. The Morgan fingerprint density at radius 3 is 2.12 bits per heavy atom. The van der Waals surface area contributed by atoms with Crippen LogP contribution in [0, 0.1) is 0 Å². The lowest BCUT2D eigenvalue weighted by Crippen LogP contribution is -2.56. The predicted octanol–water partition coefficient (Wildman–Crippen LogP) is -2.62. The Kier molecular flexibility index (Phi) is 10.8. The number of primary amides is 1. The maximum atomic E-state index is 12.0. The summed E-state index contributed by atoms with van der Waals surface area (Å²) in [6.45, 7) is -0.727. The first-order valence-corrected chi connectivity index (χ1v) is 8.59. The van der Waals surface area contributed by atoms with Crippen LogP contribution in [0.25, 0.3) is 0 Å². The molecule has 0 saturated carbocycles. The van der Waals surface area contributed by atoms with Gasteiger partial charge in [0.1, 0.15) is 12.1 Å². The lowest BCUT2D eigenvalue weighted by atomic mass is 10.1. The topological polar surface area (TPSA) is 185 Å². The van der Waals surface area contributed by atoms with E-state index in [1.807, 2.05) is 6.26 Å². The first kappa shape index (κ1) is 22.1. The molecule has 0 radical (unpaired) electrons. The molecule has 0 bridgehead atoms. The second-order valence-electron chi connectivity index (χ2n) is 5.04. The van der Waals surface area contributed by atoms with Crippen LogP contribution in [0.5, 0.6) is 0 Å². The van der Waals surface area contributed by atoms with E-state index >= 15 is 0 Å². The predicted molar refractivity (Wildman–Crippen MR) is 88.0 cm³/mol. The van der Waals surface area contributed by atoms with E-state index in [1.54, 1.807) is 0 Å². The molecule has 3 amide bonds. The van der Waals surface area contributed by atoms with Crippen LogP contribution in [0.1, 0.15) is 19.3 Å². The number of aliphatic hydroxyl groups excluding tert-OH is 1. The average Bonchev–Trinajstić information content (AvgIpc) is 2.52. The van der Waals surface area contributed by atoms with Crippen molar-refractivity contribution >= 4 is 35.5 Å². The third-order valence-corrected chi connectivity index (χ3v) is 3.72. The molecular weight excluding hydrogens is 340 g/mol. The zero-order valence-corrected chi connectivity index (χ0v) is 14.2. The molecule has 0 aliphatic heterocycles.